The molecule has 1 aliphatic rings. The summed E-state index contributed by atoms with van der Waals surface area (Å²) in [6, 6.07) is 0.372. The Morgan fingerprint density at radius 3 is 2.65 bits per heavy atom. The average molecular weight is 244 g/mol. The lowest BCUT2D eigenvalue weighted by molar-refractivity contribution is -0.138. The molecule has 0 radical (unpaired) electrons. The lowest BCUT2D eigenvalue weighted by Gasteiger charge is -2.28. The van der Waals surface area contributed by atoms with Crippen molar-refractivity contribution in [3.8, 4) is 0 Å². The highest BCUT2D eigenvalue weighted by Crippen LogP contribution is 2.23. The average Bonchev–Trinajstić information content (AvgIpc) is 2.85. The highest BCUT2D eigenvalue weighted by Gasteiger charge is 2.25. The molecule has 5 nitrogen and oxygen atoms in total. The van der Waals surface area contributed by atoms with Crippen molar-refractivity contribution in [1.29, 1.82) is 0 Å². The topological polar surface area (TPSA) is 64.8 Å². The zero-order valence-electron chi connectivity index (χ0n) is 10.7. The minimum atomic E-state index is 0.0541. The SMILES string of the molecule is COCCOCC(=O)N(CCN)C1CCCC1. The molecule has 0 aromatic carbocycles. The van der Waals surface area contributed by atoms with Crippen molar-refractivity contribution >= 4 is 5.91 Å². The number of methoxy groups -OCH3 is 1. The minimum Gasteiger partial charge on any atom is -0.382 e. The van der Waals surface area contributed by atoms with E-state index in [0.29, 0.717) is 32.3 Å². The number of carbonyl (C=O) groups is 1. The quantitative estimate of drug-likeness (QED) is 0.627. The molecule has 0 heterocycles. The summed E-state index contributed by atoms with van der Waals surface area (Å²) in [4.78, 5) is 13.9. The van der Waals surface area contributed by atoms with Crippen molar-refractivity contribution in [2.75, 3.05) is 40.0 Å². The Kier molecular flexibility index (Phi) is 7.16. The van der Waals surface area contributed by atoms with Gasteiger partial charge in [-0.2, -0.15) is 0 Å². The molecule has 2 N–H and O–H groups in total. The van der Waals surface area contributed by atoms with E-state index in [1.807, 2.05) is 4.90 Å². The zero-order chi connectivity index (χ0) is 12.5. The Hall–Kier alpha value is -0.650. The molecule has 0 aromatic heterocycles. The van der Waals surface area contributed by atoms with E-state index in [0.717, 1.165) is 12.8 Å². The summed E-state index contributed by atoms with van der Waals surface area (Å²) < 4.78 is 10.1. The molecule has 0 spiro atoms. The van der Waals surface area contributed by atoms with Gasteiger partial charge in [0.15, 0.2) is 0 Å². The summed E-state index contributed by atoms with van der Waals surface area (Å²) in [6.07, 6.45) is 4.63. The standard InChI is InChI=1S/C12H24N2O3/c1-16-8-9-17-10-12(15)14(7-6-13)11-4-2-3-5-11/h11H,2-10,13H2,1H3. The predicted octanol–water partition coefficient (Wildman–Crippen LogP) is 0.379. The second kappa shape index (κ2) is 8.44. The first-order valence-corrected chi connectivity index (χ1v) is 6.35. The predicted molar refractivity (Wildman–Crippen MR) is 65.7 cm³/mol. The van der Waals surface area contributed by atoms with E-state index in [2.05, 4.69) is 0 Å². The Morgan fingerprint density at radius 1 is 1.35 bits per heavy atom. The first kappa shape index (κ1) is 14.4. The van der Waals surface area contributed by atoms with E-state index in [9.17, 15) is 4.79 Å². The monoisotopic (exact) mass is 244 g/mol. The molecule has 0 unspecified atom stereocenters. The molecule has 0 saturated heterocycles. The molecule has 1 rings (SSSR count). The Labute approximate surface area is 103 Å². The summed E-state index contributed by atoms with van der Waals surface area (Å²) in [5.41, 5.74) is 5.56. The third-order valence-electron chi connectivity index (χ3n) is 3.11. The van der Waals surface area contributed by atoms with Crippen LogP contribution < -0.4 is 5.73 Å². The van der Waals surface area contributed by atoms with Gasteiger partial charge in [-0.25, -0.2) is 0 Å². The van der Waals surface area contributed by atoms with Crippen LogP contribution in [-0.4, -0.2) is 56.9 Å². The maximum absolute atomic E-state index is 12.0. The fourth-order valence-corrected chi connectivity index (χ4v) is 2.25. The van der Waals surface area contributed by atoms with Gasteiger partial charge in [0.25, 0.3) is 0 Å². The van der Waals surface area contributed by atoms with Crippen molar-refractivity contribution in [3.63, 3.8) is 0 Å². The van der Waals surface area contributed by atoms with Gasteiger partial charge in [-0.3, -0.25) is 4.79 Å². The molecule has 0 bridgehead atoms. The van der Waals surface area contributed by atoms with E-state index < -0.39 is 0 Å². The molecular weight excluding hydrogens is 220 g/mol. The largest absolute Gasteiger partial charge is 0.382 e. The molecule has 1 aliphatic carbocycles. The summed E-state index contributed by atoms with van der Waals surface area (Å²) in [6.45, 7) is 2.27. The molecule has 0 atom stereocenters. The molecule has 17 heavy (non-hydrogen) atoms. The summed E-state index contributed by atoms with van der Waals surface area (Å²) >= 11 is 0. The third-order valence-corrected chi connectivity index (χ3v) is 3.11. The Bertz CT molecular complexity index is 218. The van der Waals surface area contributed by atoms with E-state index in [-0.39, 0.29) is 12.5 Å². The fraction of sp³-hybridized carbons (Fsp3) is 0.917. The number of ether oxygens (including phenoxy) is 2. The normalized spacial score (nSPS) is 16.4. The molecule has 100 valence electrons. The van der Waals surface area contributed by atoms with E-state index >= 15 is 0 Å². The summed E-state index contributed by atoms with van der Waals surface area (Å²) in [5.74, 6) is 0.0541. The second-order valence-corrected chi connectivity index (χ2v) is 4.36. The van der Waals surface area contributed by atoms with Crippen LogP contribution in [0.4, 0.5) is 0 Å². The van der Waals surface area contributed by atoms with Gasteiger partial charge in [0.05, 0.1) is 13.2 Å². The van der Waals surface area contributed by atoms with Crippen molar-refractivity contribution in [3.05, 3.63) is 0 Å². The summed E-state index contributed by atoms with van der Waals surface area (Å²) in [7, 11) is 1.62. The number of hydrogen-bond acceptors (Lipinski definition) is 4. The highest BCUT2D eigenvalue weighted by atomic mass is 16.5. The Balaban J connectivity index is 2.32. The van der Waals surface area contributed by atoms with Crippen LogP contribution in [0.3, 0.4) is 0 Å². The van der Waals surface area contributed by atoms with Gasteiger partial charge in [0, 0.05) is 26.2 Å². The fourth-order valence-electron chi connectivity index (χ4n) is 2.25. The van der Waals surface area contributed by atoms with Crippen molar-refractivity contribution < 1.29 is 14.3 Å². The van der Waals surface area contributed by atoms with Crippen LogP contribution in [0.1, 0.15) is 25.7 Å². The molecule has 1 fully saturated rings. The van der Waals surface area contributed by atoms with Gasteiger partial charge in [-0.05, 0) is 12.8 Å². The first-order valence-electron chi connectivity index (χ1n) is 6.35. The van der Waals surface area contributed by atoms with Gasteiger partial charge < -0.3 is 20.1 Å². The van der Waals surface area contributed by atoms with E-state index in [4.69, 9.17) is 15.2 Å². The van der Waals surface area contributed by atoms with Crippen LogP contribution >= 0.6 is 0 Å². The van der Waals surface area contributed by atoms with E-state index in [1.165, 1.54) is 12.8 Å². The van der Waals surface area contributed by atoms with Crippen LogP contribution in [0.5, 0.6) is 0 Å². The van der Waals surface area contributed by atoms with Crippen molar-refractivity contribution in [2.24, 2.45) is 5.73 Å². The smallest absolute Gasteiger partial charge is 0.248 e. The van der Waals surface area contributed by atoms with Crippen LogP contribution in [0, 0.1) is 0 Å². The maximum atomic E-state index is 12.0. The molecule has 0 aromatic rings. The molecule has 0 aliphatic heterocycles. The van der Waals surface area contributed by atoms with E-state index in [1.54, 1.807) is 7.11 Å². The maximum Gasteiger partial charge on any atom is 0.248 e. The first-order chi connectivity index (χ1) is 8.29. The van der Waals surface area contributed by atoms with Crippen LogP contribution in [0.25, 0.3) is 0 Å². The van der Waals surface area contributed by atoms with Crippen LogP contribution in [0.15, 0.2) is 0 Å². The number of amides is 1. The molecule has 1 amide bonds. The number of nitrogens with two attached hydrogens (primary N) is 1. The second-order valence-electron chi connectivity index (χ2n) is 4.36. The van der Waals surface area contributed by atoms with Gasteiger partial charge in [0.2, 0.25) is 5.91 Å². The highest BCUT2D eigenvalue weighted by molar-refractivity contribution is 5.77. The number of carbonyl (C=O) groups excluding carboxylic acids is 1. The molecule has 1 saturated carbocycles. The lowest BCUT2D eigenvalue weighted by atomic mass is 10.2. The number of nitrogens with zero attached hydrogens (tertiary/aromatic N) is 1. The lowest BCUT2D eigenvalue weighted by Crippen LogP contribution is -2.43. The number of hydrogen-bond donors (Lipinski definition) is 1. The molecular formula is C12H24N2O3. The zero-order valence-corrected chi connectivity index (χ0v) is 10.7. The Morgan fingerprint density at radius 2 is 2.06 bits per heavy atom. The molecule has 5 heteroatoms. The van der Waals surface area contributed by atoms with Crippen LogP contribution in [-0.2, 0) is 14.3 Å². The minimum absolute atomic E-state index is 0.0541. The van der Waals surface area contributed by atoms with Gasteiger partial charge >= 0.3 is 0 Å². The number of rotatable bonds is 8. The van der Waals surface area contributed by atoms with Gasteiger partial charge in [-0.1, -0.05) is 12.8 Å². The van der Waals surface area contributed by atoms with Crippen molar-refractivity contribution in [2.45, 2.75) is 31.7 Å². The van der Waals surface area contributed by atoms with Gasteiger partial charge in [-0.15, -0.1) is 0 Å². The van der Waals surface area contributed by atoms with Crippen molar-refractivity contribution in [1.82, 2.24) is 4.90 Å². The third kappa shape index (κ3) is 5.02. The van der Waals surface area contributed by atoms with Crippen LogP contribution in [0.2, 0.25) is 0 Å². The van der Waals surface area contributed by atoms with Gasteiger partial charge in [0.1, 0.15) is 6.61 Å². The summed E-state index contributed by atoms with van der Waals surface area (Å²) in [5, 5.41) is 0.